The van der Waals surface area contributed by atoms with E-state index >= 15 is 0 Å². The molecule has 8 heteroatoms. The summed E-state index contributed by atoms with van der Waals surface area (Å²) in [7, 11) is 1.97. The summed E-state index contributed by atoms with van der Waals surface area (Å²) in [6.07, 6.45) is -2.45. The zero-order valence-electron chi connectivity index (χ0n) is 20.7. The highest BCUT2D eigenvalue weighted by Crippen LogP contribution is 2.37. The van der Waals surface area contributed by atoms with E-state index < -0.39 is 17.6 Å². The van der Waals surface area contributed by atoms with Gasteiger partial charge in [-0.3, -0.25) is 9.69 Å². The lowest BCUT2D eigenvalue weighted by Crippen LogP contribution is -2.42. The van der Waals surface area contributed by atoms with Crippen LogP contribution in [-0.2, 0) is 19.8 Å². The fraction of sp³-hybridized carbons (Fsp3) is 0.393. The van der Waals surface area contributed by atoms with Crippen molar-refractivity contribution in [1.29, 1.82) is 0 Å². The number of amides is 1. The number of carbonyl (C=O) groups is 1. The van der Waals surface area contributed by atoms with E-state index in [4.69, 9.17) is 0 Å². The Bertz CT molecular complexity index is 1190. The average Bonchev–Trinajstić information content (AvgIpc) is 3.42. The van der Waals surface area contributed by atoms with Crippen molar-refractivity contribution in [1.82, 2.24) is 14.4 Å². The average molecular weight is 502 g/mol. The Kier molecular flexibility index (Phi) is 7.54. The molecule has 1 aliphatic rings. The number of nitrogens with zero attached hydrogens (tertiary/aromatic N) is 3. The Hall–Kier alpha value is -3.13. The molecule has 0 aliphatic carbocycles. The van der Waals surface area contributed by atoms with Crippen molar-refractivity contribution in [2.24, 2.45) is 13.0 Å². The summed E-state index contributed by atoms with van der Waals surface area (Å²) in [6, 6.07) is 14.9. The van der Waals surface area contributed by atoms with Gasteiger partial charge in [0.15, 0.2) is 0 Å². The maximum Gasteiger partial charge on any atom is 0.416 e. The Labute approximate surface area is 209 Å². The monoisotopic (exact) mass is 501 g/mol. The van der Waals surface area contributed by atoms with Gasteiger partial charge in [0.1, 0.15) is 5.82 Å². The van der Waals surface area contributed by atoms with Crippen LogP contribution < -0.4 is 0 Å². The smallest absolute Gasteiger partial charge is 0.353 e. The molecule has 2 aromatic carbocycles. The first-order valence-corrected chi connectivity index (χ1v) is 12.1. The maximum atomic E-state index is 13.5. The van der Waals surface area contributed by atoms with Gasteiger partial charge in [0.25, 0.3) is 5.91 Å². The van der Waals surface area contributed by atoms with Crippen LogP contribution >= 0.6 is 0 Å². The zero-order valence-corrected chi connectivity index (χ0v) is 20.7. The SMILES string of the molecule is CC(C)N(C[C@@H]1CN(Cc2cccn2C)C[C@@H]1c1cccc(C(F)(F)F)c1)C(=O)c1ccc(F)cc1. The van der Waals surface area contributed by atoms with Crippen molar-refractivity contribution in [2.75, 3.05) is 19.6 Å². The fourth-order valence-electron chi connectivity index (χ4n) is 5.03. The number of likely N-dealkylation sites (tertiary alicyclic amines) is 1. The molecule has 1 aromatic heterocycles. The summed E-state index contributed by atoms with van der Waals surface area (Å²) in [5, 5.41) is 0. The second kappa shape index (κ2) is 10.5. The molecule has 1 fully saturated rings. The Morgan fingerprint density at radius 3 is 2.39 bits per heavy atom. The van der Waals surface area contributed by atoms with Crippen LogP contribution in [0.15, 0.2) is 66.9 Å². The first kappa shape index (κ1) is 25.9. The molecule has 0 radical (unpaired) electrons. The quantitative estimate of drug-likeness (QED) is 0.375. The highest BCUT2D eigenvalue weighted by Gasteiger charge is 2.38. The number of rotatable bonds is 7. The van der Waals surface area contributed by atoms with Crippen LogP contribution in [0.4, 0.5) is 17.6 Å². The van der Waals surface area contributed by atoms with Gasteiger partial charge in [0.2, 0.25) is 0 Å². The van der Waals surface area contributed by atoms with Crippen molar-refractivity contribution >= 4 is 5.91 Å². The molecule has 4 nitrogen and oxygen atoms in total. The van der Waals surface area contributed by atoms with Gasteiger partial charge in [0, 0.05) is 62.6 Å². The van der Waals surface area contributed by atoms with Crippen LogP contribution in [0.3, 0.4) is 0 Å². The van der Waals surface area contributed by atoms with Gasteiger partial charge >= 0.3 is 6.18 Å². The zero-order chi connectivity index (χ0) is 26.0. The predicted molar refractivity (Wildman–Crippen MR) is 131 cm³/mol. The van der Waals surface area contributed by atoms with Gasteiger partial charge in [-0.05, 0) is 67.8 Å². The minimum atomic E-state index is -4.42. The molecule has 1 amide bonds. The minimum absolute atomic E-state index is 0.0689. The van der Waals surface area contributed by atoms with Gasteiger partial charge < -0.3 is 9.47 Å². The standard InChI is InChI=1S/C28H31F4N3O/c1-19(2)35(27(36)20-9-11-24(29)12-10-20)16-22-15-34(17-25-8-5-13-33(25)3)18-26(22)21-6-4-7-23(14-21)28(30,31)32/h4-14,19,22,26H,15-18H2,1-3H3/t22-,26+/m0/s1. The van der Waals surface area contributed by atoms with E-state index in [2.05, 4.69) is 4.90 Å². The van der Waals surface area contributed by atoms with Crippen molar-refractivity contribution in [3.05, 3.63) is 95.1 Å². The molecular weight excluding hydrogens is 470 g/mol. The van der Waals surface area contributed by atoms with Crippen LogP contribution in [0.5, 0.6) is 0 Å². The second-order valence-electron chi connectivity index (χ2n) is 9.85. The van der Waals surface area contributed by atoms with Crippen molar-refractivity contribution in [3.63, 3.8) is 0 Å². The summed E-state index contributed by atoms with van der Waals surface area (Å²) in [4.78, 5) is 17.3. The third kappa shape index (κ3) is 5.81. The Morgan fingerprint density at radius 1 is 1.06 bits per heavy atom. The Balaban J connectivity index is 1.63. The molecule has 2 heterocycles. The number of benzene rings is 2. The first-order valence-electron chi connectivity index (χ1n) is 12.1. The van der Waals surface area contributed by atoms with Gasteiger partial charge in [-0.15, -0.1) is 0 Å². The minimum Gasteiger partial charge on any atom is -0.353 e. The predicted octanol–water partition coefficient (Wildman–Crippen LogP) is 5.95. The number of aryl methyl sites for hydroxylation is 1. The summed E-state index contributed by atoms with van der Waals surface area (Å²) < 4.78 is 55.9. The maximum absolute atomic E-state index is 13.5. The number of hydrogen-bond donors (Lipinski definition) is 0. The lowest BCUT2D eigenvalue weighted by molar-refractivity contribution is -0.137. The van der Waals surface area contributed by atoms with E-state index in [1.807, 2.05) is 43.8 Å². The molecular formula is C28H31F4N3O. The molecule has 1 aliphatic heterocycles. The summed E-state index contributed by atoms with van der Waals surface area (Å²) in [5.41, 5.74) is 1.46. The van der Waals surface area contributed by atoms with Crippen molar-refractivity contribution < 1.29 is 22.4 Å². The normalized spacial score (nSPS) is 18.7. The second-order valence-corrected chi connectivity index (χ2v) is 9.85. The van der Waals surface area contributed by atoms with Gasteiger partial charge in [-0.2, -0.15) is 13.2 Å². The van der Waals surface area contributed by atoms with E-state index in [1.165, 1.54) is 36.4 Å². The van der Waals surface area contributed by atoms with Crippen LogP contribution in [0, 0.1) is 11.7 Å². The summed E-state index contributed by atoms with van der Waals surface area (Å²) in [5.74, 6) is -0.872. The fourth-order valence-corrected chi connectivity index (χ4v) is 5.03. The van der Waals surface area contributed by atoms with Crippen LogP contribution in [0.25, 0.3) is 0 Å². The van der Waals surface area contributed by atoms with Crippen LogP contribution in [0.2, 0.25) is 0 Å². The van der Waals surface area contributed by atoms with Crippen LogP contribution in [-0.4, -0.2) is 46.0 Å². The van der Waals surface area contributed by atoms with Gasteiger partial charge in [-0.1, -0.05) is 18.2 Å². The lowest BCUT2D eigenvalue weighted by atomic mass is 9.87. The number of hydrogen-bond acceptors (Lipinski definition) is 2. The van der Waals surface area contributed by atoms with Crippen LogP contribution in [0.1, 0.15) is 46.9 Å². The molecule has 192 valence electrons. The highest BCUT2D eigenvalue weighted by atomic mass is 19.4. The van der Waals surface area contributed by atoms with E-state index in [0.29, 0.717) is 37.3 Å². The van der Waals surface area contributed by atoms with E-state index in [1.54, 1.807) is 11.0 Å². The van der Waals surface area contributed by atoms with Gasteiger partial charge in [-0.25, -0.2) is 4.39 Å². The molecule has 0 N–H and O–H groups in total. The van der Waals surface area contributed by atoms with E-state index in [9.17, 15) is 22.4 Å². The molecule has 0 saturated carbocycles. The third-order valence-corrected chi connectivity index (χ3v) is 7.00. The lowest BCUT2D eigenvalue weighted by Gasteiger charge is -2.32. The number of carbonyl (C=O) groups excluding carboxylic acids is 1. The largest absolute Gasteiger partial charge is 0.416 e. The molecule has 0 unspecified atom stereocenters. The van der Waals surface area contributed by atoms with E-state index in [0.717, 1.165) is 11.8 Å². The topological polar surface area (TPSA) is 28.5 Å². The molecule has 0 bridgehead atoms. The molecule has 36 heavy (non-hydrogen) atoms. The van der Waals surface area contributed by atoms with Gasteiger partial charge in [0.05, 0.1) is 5.56 Å². The number of aromatic nitrogens is 1. The number of alkyl halides is 3. The highest BCUT2D eigenvalue weighted by molar-refractivity contribution is 5.94. The van der Waals surface area contributed by atoms with Crippen molar-refractivity contribution in [3.8, 4) is 0 Å². The third-order valence-electron chi connectivity index (χ3n) is 7.00. The number of halogens is 4. The molecule has 4 rings (SSSR count). The first-order chi connectivity index (χ1) is 17.0. The van der Waals surface area contributed by atoms with Crippen molar-refractivity contribution in [2.45, 2.75) is 38.5 Å². The Morgan fingerprint density at radius 2 is 1.78 bits per heavy atom. The summed E-state index contributed by atoms with van der Waals surface area (Å²) >= 11 is 0. The molecule has 3 aromatic rings. The molecule has 1 saturated heterocycles. The summed E-state index contributed by atoms with van der Waals surface area (Å²) in [6.45, 7) is 6.12. The van der Waals surface area contributed by atoms with E-state index in [-0.39, 0.29) is 23.8 Å². The molecule has 2 atom stereocenters. The molecule has 0 spiro atoms.